The number of aromatic nitrogens is 1. The zero-order chi connectivity index (χ0) is 21.1. The van der Waals surface area contributed by atoms with E-state index in [0.717, 1.165) is 16.3 Å². The Balaban J connectivity index is 1.34. The topological polar surface area (TPSA) is 71.4 Å². The number of nitrogens with one attached hydrogen (secondary N) is 1. The van der Waals surface area contributed by atoms with Gasteiger partial charge in [0.2, 0.25) is 5.91 Å². The molecule has 4 rings (SSSR count). The van der Waals surface area contributed by atoms with Crippen molar-refractivity contribution in [2.24, 2.45) is 4.99 Å². The molecule has 0 fully saturated rings. The number of rotatable bonds is 6. The highest BCUT2D eigenvalue weighted by Crippen LogP contribution is 2.30. The number of nitrogens with zero attached hydrogens (tertiary/aromatic N) is 2. The number of halogens is 1. The number of amides is 2. The van der Waals surface area contributed by atoms with Gasteiger partial charge in [0.25, 0.3) is 5.91 Å². The molecule has 1 aromatic heterocycles. The summed E-state index contributed by atoms with van der Waals surface area (Å²) in [4.78, 5) is 33.2. The zero-order valence-electron chi connectivity index (χ0n) is 16.1. The Labute approximate surface area is 181 Å². The number of aliphatic imine (C=N–C) groups is 1. The summed E-state index contributed by atoms with van der Waals surface area (Å²) < 4.78 is 13.7. The lowest BCUT2D eigenvalue weighted by Crippen LogP contribution is -2.21. The molecule has 2 amide bonds. The minimum Gasteiger partial charge on any atom is -0.324 e. The van der Waals surface area contributed by atoms with Crippen molar-refractivity contribution in [2.45, 2.75) is 25.0 Å². The van der Waals surface area contributed by atoms with Crippen LogP contribution in [-0.4, -0.2) is 27.1 Å². The largest absolute Gasteiger partial charge is 0.324 e. The third-order valence-electron chi connectivity index (χ3n) is 4.51. The number of para-hydroxylation sites is 1. The molecule has 2 aromatic carbocycles. The van der Waals surface area contributed by atoms with Crippen LogP contribution in [-0.2, 0) is 16.0 Å². The third-order valence-corrected chi connectivity index (χ3v) is 6.52. The highest BCUT2D eigenvalue weighted by molar-refractivity contribution is 8.15. The summed E-state index contributed by atoms with van der Waals surface area (Å²) in [6, 6.07) is 14.1. The summed E-state index contributed by atoms with van der Waals surface area (Å²) in [6.45, 7) is 2.04. The van der Waals surface area contributed by atoms with E-state index in [4.69, 9.17) is 0 Å². The van der Waals surface area contributed by atoms with Gasteiger partial charge in [-0.05, 0) is 19.1 Å². The Morgan fingerprint density at radius 1 is 1.17 bits per heavy atom. The summed E-state index contributed by atoms with van der Waals surface area (Å²) in [6.07, 6.45) is 0.398. The molecule has 0 saturated heterocycles. The summed E-state index contributed by atoms with van der Waals surface area (Å²) in [7, 11) is 0. The first kappa shape index (κ1) is 20.4. The number of thioether (sulfide) groups is 1. The van der Waals surface area contributed by atoms with E-state index in [1.165, 1.54) is 40.8 Å². The second kappa shape index (κ2) is 8.89. The number of hydrogen-bond acceptors (Lipinski definition) is 5. The van der Waals surface area contributed by atoms with Gasteiger partial charge in [-0.15, -0.1) is 11.3 Å². The molecule has 3 aromatic rings. The molecular weight excluding hydrogens is 421 g/mol. The lowest BCUT2D eigenvalue weighted by Gasteiger charge is -2.08. The third kappa shape index (κ3) is 4.83. The molecule has 1 atom stereocenters. The highest BCUT2D eigenvalue weighted by atomic mass is 32.2. The first-order valence-electron chi connectivity index (χ1n) is 9.32. The predicted molar refractivity (Wildman–Crippen MR) is 119 cm³/mol. The first-order valence-corrected chi connectivity index (χ1v) is 11.1. The monoisotopic (exact) mass is 439 g/mol. The lowest BCUT2D eigenvalue weighted by atomic mass is 10.1. The smallest absolute Gasteiger partial charge is 0.260 e. The van der Waals surface area contributed by atoms with Crippen LogP contribution in [0.15, 0.2) is 58.9 Å². The van der Waals surface area contributed by atoms with Gasteiger partial charge in [0, 0.05) is 23.8 Å². The van der Waals surface area contributed by atoms with Crippen LogP contribution < -0.4 is 5.32 Å². The molecular formula is C22H18FN3O2S2. The number of thiazole rings is 1. The number of anilines is 1. The molecule has 0 spiro atoms. The van der Waals surface area contributed by atoms with Gasteiger partial charge in [-0.1, -0.05) is 53.7 Å². The average molecular weight is 440 g/mol. The summed E-state index contributed by atoms with van der Waals surface area (Å²) >= 11 is 2.79. The molecule has 0 aliphatic carbocycles. The van der Waals surface area contributed by atoms with E-state index in [9.17, 15) is 14.0 Å². The summed E-state index contributed by atoms with van der Waals surface area (Å²) in [5, 5.41) is 5.41. The molecule has 0 saturated carbocycles. The quantitative estimate of drug-likeness (QED) is 0.595. The van der Waals surface area contributed by atoms with Crippen LogP contribution in [0.4, 0.5) is 10.1 Å². The second-order valence-electron chi connectivity index (χ2n) is 6.85. The van der Waals surface area contributed by atoms with Crippen molar-refractivity contribution in [2.75, 3.05) is 5.32 Å². The Morgan fingerprint density at radius 2 is 1.93 bits per heavy atom. The van der Waals surface area contributed by atoms with Crippen LogP contribution in [0, 0.1) is 12.7 Å². The average Bonchev–Trinajstić information content (AvgIpc) is 3.31. The van der Waals surface area contributed by atoms with Crippen LogP contribution in [0.2, 0.25) is 0 Å². The molecule has 0 bridgehead atoms. The molecule has 2 heterocycles. The van der Waals surface area contributed by atoms with Crippen molar-refractivity contribution < 1.29 is 14.0 Å². The van der Waals surface area contributed by atoms with Gasteiger partial charge in [0.1, 0.15) is 11.1 Å². The van der Waals surface area contributed by atoms with E-state index in [-0.39, 0.29) is 18.0 Å². The van der Waals surface area contributed by atoms with E-state index in [1.54, 1.807) is 12.1 Å². The van der Waals surface area contributed by atoms with Crippen LogP contribution in [0.5, 0.6) is 0 Å². The minimum atomic E-state index is -0.594. The maximum Gasteiger partial charge on any atom is 0.260 e. The van der Waals surface area contributed by atoms with Gasteiger partial charge in [0.15, 0.2) is 0 Å². The van der Waals surface area contributed by atoms with Gasteiger partial charge in [-0.3, -0.25) is 9.59 Å². The number of benzene rings is 2. The molecule has 8 heteroatoms. The lowest BCUT2D eigenvalue weighted by molar-refractivity contribution is -0.121. The predicted octanol–water partition coefficient (Wildman–Crippen LogP) is 4.87. The Hall–Kier alpha value is -2.84. The van der Waals surface area contributed by atoms with E-state index in [1.807, 2.05) is 36.6 Å². The SMILES string of the molecule is Cc1ccc(-c2csc(CC3=NC(=O)C(CC(=O)Nc4ccccc4F)S3)n2)cc1. The van der Waals surface area contributed by atoms with Crippen LogP contribution in [0.25, 0.3) is 11.3 Å². The molecule has 1 aliphatic heterocycles. The van der Waals surface area contributed by atoms with Crippen molar-refractivity contribution in [3.05, 3.63) is 70.3 Å². The van der Waals surface area contributed by atoms with Crippen molar-refractivity contribution in [3.8, 4) is 11.3 Å². The van der Waals surface area contributed by atoms with E-state index >= 15 is 0 Å². The van der Waals surface area contributed by atoms with E-state index in [0.29, 0.717) is 11.5 Å². The summed E-state index contributed by atoms with van der Waals surface area (Å²) in [5.41, 5.74) is 3.23. The van der Waals surface area contributed by atoms with Gasteiger partial charge in [0.05, 0.1) is 21.4 Å². The number of carbonyl (C=O) groups is 2. The molecule has 152 valence electrons. The maximum absolute atomic E-state index is 13.7. The highest BCUT2D eigenvalue weighted by Gasteiger charge is 2.31. The van der Waals surface area contributed by atoms with Gasteiger partial charge in [-0.2, -0.15) is 0 Å². The van der Waals surface area contributed by atoms with E-state index < -0.39 is 17.0 Å². The van der Waals surface area contributed by atoms with Crippen LogP contribution in [0.3, 0.4) is 0 Å². The van der Waals surface area contributed by atoms with Gasteiger partial charge < -0.3 is 5.32 Å². The minimum absolute atomic E-state index is 0.0582. The second-order valence-corrected chi connectivity index (χ2v) is 9.07. The van der Waals surface area contributed by atoms with Crippen LogP contribution in [0.1, 0.15) is 17.0 Å². The van der Waals surface area contributed by atoms with Gasteiger partial charge >= 0.3 is 0 Å². The van der Waals surface area contributed by atoms with Crippen molar-refractivity contribution >= 4 is 45.6 Å². The van der Waals surface area contributed by atoms with Crippen LogP contribution >= 0.6 is 23.1 Å². The fourth-order valence-electron chi connectivity index (χ4n) is 2.96. The first-order chi connectivity index (χ1) is 14.5. The Morgan fingerprint density at radius 3 is 2.70 bits per heavy atom. The molecule has 1 aliphatic rings. The van der Waals surface area contributed by atoms with E-state index in [2.05, 4.69) is 15.3 Å². The molecule has 1 N–H and O–H groups in total. The standard InChI is InChI=1S/C22H18FN3O2S2/c1-13-6-8-14(9-7-13)17-12-29-20(25-17)11-21-26-22(28)18(30-21)10-19(27)24-16-5-3-2-4-15(16)23/h2-9,12,18H,10-11H2,1H3,(H,24,27). The molecule has 0 radical (unpaired) electrons. The number of hydrogen-bond donors (Lipinski definition) is 1. The van der Waals surface area contributed by atoms with Crippen molar-refractivity contribution in [1.82, 2.24) is 4.98 Å². The number of carbonyl (C=O) groups excluding carboxylic acids is 2. The zero-order valence-corrected chi connectivity index (χ0v) is 17.7. The number of aryl methyl sites for hydroxylation is 1. The van der Waals surface area contributed by atoms with Crippen molar-refractivity contribution in [3.63, 3.8) is 0 Å². The Bertz CT molecular complexity index is 1130. The molecule has 5 nitrogen and oxygen atoms in total. The van der Waals surface area contributed by atoms with Crippen molar-refractivity contribution in [1.29, 1.82) is 0 Å². The maximum atomic E-state index is 13.7. The summed E-state index contributed by atoms with van der Waals surface area (Å²) in [5.74, 6) is -1.27. The fraction of sp³-hybridized carbons (Fsp3) is 0.182. The van der Waals surface area contributed by atoms with Gasteiger partial charge in [-0.25, -0.2) is 14.4 Å². The molecule has 1 unspecified atom stereocenters. The molecule has 30 heavy (non-hydrogen) atoms. The normalized spacial score (nSPS) is 15.9. The Kier molecular flexibility index (Phi) is 6.06. The fourth-order valence-corrected chi connectivity index (χ4v) is 4.93.